The fraction of sp³-hybridized carbons (Fsp3) is 0.400. The molecule has 0 bridgehead atoms. The van der Waals surface area contributed by atoms with Gasteiger partial charge in [0.05, 0.1) is 18.5 Å². The normalized spacial score (nSPS) is 13.6. The first kappa shape index (κ1) is 19.9. The highest BCUT2D eigenvalue weighted by atomic mass is 32.2. The molecule has 0 fully saturated rings. The van der Waals surface area contributed by atoms with Crippen molar-refractivity contribution in [1.82, 2.24) is 19.7 Å². The number of para-hydroxylation sites is 2. The molecule has 29 heavy (non-hydrogen) atoms. The van der Waals surface area contributed by atoms with Crippen molar-refractivity contribution in [3.05, 3.63) is 41.2 Å². The molecule has 0 atom stereocenters. The predicted molar refractivity (Wildman–Crippen MR) is 115 cm³/mol. The maximum Gasteiger partial charge on any atom is 0.230 e. The maximum absolute atomic E-state index is 12.4. The lowest BCUT2D eigenvalue weighted by Gasteiger charge is -2.20. The fourth-order valence-electron chi connectivity index (χ4n) is 3.39. The minimum Gasteiger partial charge on any atom is -0.495 e. The lowest BCUT2D eigenvalue weighted by atomic mass is 10.2. The molecule has 1 aliphatic heterocycles. The number of thioether (sulfide) groups is 1. The number of benzene rings is 1. The fourth-order valence-corrected chi connectivity index (χ4v) is 5.25. The van der Waals surface area contributed by atoms with Crippen LogP contribution in [0.2, 0.25) is 0 Å². The average molecular weight is 430 g/mol. The van der Waals surface area contributed by atoms with Crippen LogP contribution in [0, 0.1) is 0 Å². The third-order valence-corrected chi connectivity index (χ3v) is 6.67. The Hall–Kier alpha value is -2.39. The topological polar surface area (TPSA) is 73.1 Å². The van der Waals surface area contributed by atoms with Crippen molar-refractivity contribution in [2.75, 3.05) is 12.0 Å². The molecular formula is C20H23N5O2S2. The van der Waals surface area contributed by atoms with Crippen molar-refractivity contribution in [1.29, 1.82) is 0 Å². The van der Waals surface area contributed by atoms with Crippen LogP contribution in [0.15, 0.2) is 34.8 Å². The summed E-state index contributed by atoms with van der Waals surface area (Å²) in [6.45, 7) is 2.52. The number of thiazole rings is 1. The van der Waals surface area contributed by atoms with E-state index >= 15 is 0 Å². The SMILES string of the molecule is COc1ccccc1N(C(C)=O)c1nc(CSc2nnc3n2CCCCC3)cs1. The average Bonchev–Trinajstić information content (AvgIpc) is 3.27. The molecule has 152 valence electrons. The van der Waals surface area contributed by atoms with Crippen LogP contribution in [0.5, 0.6) is 5.75 Å². The van der Waals surface area contributed by atoms with Gasteiger partial charge < -0.3 is 9.30 Å². The van der Waals surface area contributed by atoms with Crippen LogP contribution < -0.4 is 9.64 Å². The minimum absolute atomic E-state index is 0.106. The molecule has 0 N–H and O–H groups in total. The minimum atomic E-state index is -0.106. The molecule has 1 aromatic carbocycles. The Kier molecular flexibility index (Phi) is 6.15. The number of aromatic nitrogens is 4. The van der Waals surface area contributed by atoms with Crippen molar-refractivity contribution in [2.45, 2.75) is 50.1 Å². The molecule has 0 unspecified atom stereocenters. The Balaban J connectivity index is 1.52. The second-order valence-electron chi connectivity index (χ2n) is 6.80. The highest BCUT2D eigenvalue weighted by Crippen LogP contribution is 2.36. The van der Waals surface area contributed by atoms with E-state index in [9.17, 15) is 4.79 Å². The number of carbonyl (C=O) groups is 1. The van der Waals surface area contributed by atoms with E-state index in [-0.39, 0.29) is 5.91 Å². The van der Waals surface area contributed by atoms with Gasteiger partial charge in [0.1, 0.15) is 11.6 Å². The number of aryl methyl sites for hydroxylation is 1. The molecule has 4 rings (SSSR count). The third kappa shape index (κ3) is 4.30. The smallest absolute Gasteiger partial charge is 0.230 e. The van der Waals surface area contributed by atoms with Crippen LogP contribution in [-0.4, -0.2) is 32.8 Å². The van der Waals surface area contributed by atoms with Gasteiger partial charge in [0.25, 0.3) is 0 Å². The Morgan fingerprint density at radius 2 is 2.14 bits per heavy atom. The molecule has 3 aromatic rings. The number of fused-ring (bicyclic) bond motifs is 1. The molecule has 0 aliphatic carbocycles. The van der Waals surface area contributed by atoms with E-state index in [1.165, 1.54) is 37.5 Å². The first-order valence-electron chi connectivity index (χ1n) is 9.60. The summed E-state index contributed by atoms with van der Waals surface area (Å²) in [6, 6.07) is 7.47. The molecular weight excluding hydrogens is 406 g/mol. The molecule has 0 spiro atoms. The van der Waals surface area contributed by atoms with E-state index in [4.69, 9.17) is 9.72 Å². The standard InChI is InChI=1S/C20H23N5O2S2/c1-14(26)25(16-8-5-6-9-17(16)27-2)19-21-15(12-28-19)13-29-20-23-22-18-10-4-3-7-11-24(18)20/h5-6,8-9,12H,3-4,7,10-11,13H2,1-2H3. The molecule has 9 heteroatoms. The lowest BCUT2D eigenvalue weighted by molar-refractivity contribution is -0.115. The number of amides is 1. The third-order valence-electron chi connectivity index (χ3n) is 4.80. The van der Waals surface area contributed by atoms with Crippen LogP contribution in [0.4, 0.5) is 10.8 Å². The van der Waals surface area contributed by atoms with Crippen LogP contribution in [0.25, 0.3) is 0 Å². The number of hydrogen-bond donors (Lipinski definition) is 0. The Morgan fingerprint density at radius 1 is 1.28 bits per heavy atom. The molecule has 0 saturated carbocycles. The highest BCUT2D eigenvalue weighted by molar-refractivity contribution is 7.98. The summed E-state index contributed by atoms with van der Waals surface area (Å²) in [5, 5.41) is 12.3. The zero-order valence-corrected chi connectivity index (χ0v) is 18.1. The summed E-state index contributed by atoms with van der Waals surface area (Å²) >= 11 is 3.10. The van der Waals surface area contributed by atoms with Crippen molar-refractivity contribution >= 4 is 39.8 Å². The number of ether oxygens (including phenoxy) is 1. The maximum atomic E-state index is 12.4. The first-order valence-corrected chi connectivity index (χ1v) is 11.5. The molecule has 0 saturated heterocycles. The van der Waals surface area contributed by atoms with Crippen LogP contribution in [-0.2, 0) is 23.5 Å². The Bertz CT molecular complexity index is 1000. The summed E-state index contributed by atoms with van der Waals surface area (Å²) < 4.78 is 7.66. The largest absolute Gasteiger partial charge is 0.495 e. The van der Waals surface area contributed by atoms with E-state index in [2.05, 4.69) is 14.8 Å². The second-order valence-corrected chi connectivity index (χ2v) is 8.58. The van der Waals surface area contributed by atoms with E-state index in [1.807, 2.05) is 29.6 Å². The van der Waals surface area contributed by atoms with Gasteiger partial charge in [-0.2, -0.15) is 0 Å². The van der Waals surface area contributed by atoms with Crippen molar-refractivity contribution in [2.24, 2.45) is 0 Å². The Labute approximate surface area is 178 Å². The van der Waals surface area contributed by atoms with Gasteiger partial charge >= 0.3 is 0 Å². The zero-order valence-electron chi connectivity index (χ0n) is 16.5. The van der Waals surface area contributed by atoms with E-state index in [0.717, 1.165) is 29.6 Å². The van der Waals surface area contributed by atoms with E-state index in [0.29, 0.717) is 22.3 Å². The van der Waals surface area contributed by atoms with Crippen LogP contribution in [0.1, 0.15) is 37.7 Å². The highest BCUT2D eigenvalue weighted by Gasteiger charge is 2.22. The van der Waals surface area contributed by atoms with Crippen molar-refractivity contribution < 1.29 is 9.53 Å². The molecule has 3 heterocycles. The quantitative estimate of drug-likeness (QED) is 0.539. The van der Waals surface area contributed by atoms with Gasteiger partial charge in [-0.15, -0.1) is 21.5 Å². The number of carbonyl (C=O) groups excluding carboxylic acids is 1. The number of hydrogen-bond acceptors (Lipinski definition) is 7. The van der Waals surface area contributed by atoms with Crippen LogP contribution >= 0.6 is 23.1 Å². The zero-order chi connectivity index (χ0) is 20.2. The molecule has 1 amide bonds. The molecule has 0 radical (unpaired) electrons. The van der Waals surface area contributed by atoms with Crippen LogP contribution in [0.3, 0.4) is 0 Å². The monoisotopic (exact) mass is 429 g/mol. The lowest BCUT2D eigenvalue weighted by Crippen LogP contribution is -2.23. The van der Waals surface area contributed by atoms with Gasteiger partial charge in [-0.05, 0) is 25.0 Å². The number of rotatable bonds is 6. The van der Waals surface area contributed by atoms with Gasteiger partial charge in [-0.25, -0.2) is 4.98 Å². The first-order chi connectivity index (χ1) is 14.2. The molecule has 2 aromatic heterocycles. The second kappa shape index (κ2) is 8.96. The number of nitrogens with zero attached hydrogens (tertiary/aromatic N) is 5. The number of anilines is 2. The van der Waals surface area contributed by atoms with Gasteiger partial charge in [0.15, 0.2) is 10.3 Å². The van der Waals surface area contributed by atoms with Crippen molar-refractivity contribution in [3.63, 3.8) is 0 Å². The van der Waals surface area contributed by atoms with E-state index < -0.39 is 0 Å². The summed E-state index contributed by atoms with van der Waals surface area (Å²) in [5.74, 6) is 2.31. The predicted octanol–water partition coefficient (Wildman–Crippen LogP) is 4.45. The summed E-state index contributed by atoms with van der Waals surface area (Å²) in [4.78, 5) is 18.7. The van der Waals surface area contributed by atoms with Crippen molar-refractivity contribution in [3.8, 4) is 5.75 Å². The molecule has 1 aliphatic rings. The van der Waals surface area contributed by atoms with Gasteiger partial charge in [-0.3, -0.25) is 9.69 Å². The Morgan fingerprint density at radius 3 is 2.97 bits per heavy atom. The van der Waals surface area contributed by atoms with Gasteiger partial charge in [0, 0.05) is 31.0 Å². The summed E-state index contributed by atoms with van der Waals surface area (Å²) in [5.41, 5.74) is 1.61. The number of methoxy groups -OCH3 is 1. The van der Waals surface area contributed by atoms with E-state index in [1.54, 1.807) is 23.8 Å². The van der Waals surface area contributed by atoms with Gasteiger partial charge in [0.2, 0.25) is 5.91 Å². The summed E-state index contributed by atoms with van der Waals surface area (Å²) in [6.07, 6.45) is 4.60. The van der Waals surface area contributed by atoms with Gasteiger partial charge in [-0.1, -0.05) is 30.3 Å². The molecule has 7 nitrogen and oxygen atoms in total. The summed E-state index contributed by atoms with van der Waals surface area (Å²) in [7, 11) is 1.60.